The first-order chi connectivity index (χ1) is 14.5. The average Bonchev–Trinajstić information content (AvgIpc) is 3.34. The fourth-order valence-corrected chi connectivity index (χ4v) is 4.10. The number of carbonyl (C=O) groups is 1. The molecular formula is C22H21N3O4S. The molecule has 2 heterocycles. The van der Waals surface area contributed by atoms with E-state index in [9.17, 15) is 4.79 Å². The number of hydrogen-bond donors (Lipinski definition) is 1. The molecule has 0 aliphatic heterocycles. The van der Waals surface area contributed by atoms with E-state index in [1.807, 2.05) is 41.8 Å². The van der Waals surface area contributed by atoms with E-state index in [4.69, 9.17) is 19.2 Å². The average molecular weight is 423 g/mol. The maximum Gasteiger partial charge on any atom is 0.255 e. The molecule has 30 heavy (non-hydrogen) atoms. The van der Waals surface area contributed by atoms with Crippen LogP contribution in [0.3, 0.4) is 0 Å². The number of hydrogen-bond acceptors (Lipinski definition) is 6. The fourth-order valence-electron chi connectivity index (χ4n) is 3.25. The summed E-state index contributed by atoms with van der Waals surface area (Å²) in [5, 5.41) is 5.04. The van der Waals surface area contributed by atoms with Gasteiger partial charge in [0, 0.05) is 28.4 Å². The quantitative estimate of drug-likeness (QED) is 0.489. The zero-order chi connectivity index (χ0) is 21.3. The first kappa shape index (κ1) is 19.8. The summed E-state index contributed by atoms with van der Waals surface area (Å²) in [6.45, 7) is 2.03. The zero-order valence-electron chi connectivity index (χ0n) is 17.1. The van der Waals surface area contributed by atoms with Gasteiger partial charge in [0.1, 0.15) is 0 Å². The number of nitrogens with zero attached hydrogens (tertiary/aromatic N) is 2. The second-order valence-corrected chi connectivity index (χ2v) is 7.41. The second kappa shape index (κ2) is 8.08. The lowest BCUT2D eigenvalue weighted by atomic mass is 10.1. The molecule has 0 aliphatic rings. The van der Waals surface area contributed by atoms with Gasteiger partial charge in [0.2, 0.25) is 5.75 Å². The van der Waals surface area contributed by atoms with Crippen LogP contribution in [-0.2, 0) is 0 Å². The Morgan fingerprint density at radius 1 is 1.07 bits per heavy atom. The molecule has 0 radical (unpaired) electrons. The highest BCUT2D eigenvalue weighted by Gasteiger charge is 2.19. The van der Waals surface area contributed by atoms with E-state index >= 15 is 0 Å². The molecule has 0 fully saturated rings. The SMILES string of the molecule is COc1cc(C(=O)Nc2ccccc2-c2cn3c(C)csc3n2)cc(OC)c1OC. The van der Waals surface area contributed by atoms with Gasteiger partial charge in [-0.1, -0.05) is 18.2 Å². The maximum absolute atomic E-state index is 13.0. The summed E-state index contributed by atoms with van der Waals surface area (Å²) in [5.41, 5.74) is 3.81. The number of aromatic nitrogens is 2. The minimum absolute atomic E-state index is 0.293. The molecule has 2 aromatic heterocycles. The van der Waals surface area contributed by atoms with Crippen molar-refractivity contribution in [2.75, 3.05) is 26.6 Å². The van der Waals surface area contributed by atoms with Crippen LogP contribution in [0.25, 0.3) is 16.2 Å². The first-order valence-electron chi connectivity index (χ1n) is 9.19. The third-order valence-electron chi connectivity index (χ3n) is 4.77. The fraction of sp³-hybridized carbons (Fsp3) is 0.182. The van der Waals surface area contributed by atoms with Crippen molar-refractivity contribution >= 4 is 27.9 Å². The predicted octanol–water partition coefficient (Wildman–Crippen LogP) is 4.65. The number of nitrogens with one attached hydrogen (secondary N) is 1. The van der Waals surface area contributed by atoms with E-state index in [2.05, 4.69) is 10.7 Å². The number of anilines is 1. The molecule has 0 saturated carbocycles. The van der Waals surface area contributed by atoms with Gasteiger partial charge in [0.05, 0.1) is 32.7 Å². The van der Waals surface area contributed by atoms with Crippen molar-refractivity contribution in [3.63, 3.8) is 0 Å². The molecule has 1 amide bonds. The lowest BCUT2D eigenvalue weighted by Crippen LogP contribution is -2.13. The Bertz CT molecular complexity index is 1200. The molecule has 4 aromatic rings. The van der Waals surface area contributed by atoms with E-state index < -0.39 is 0 Å². The normalized spacial score (nSPS) is 10.8. The lowest BCUT2D eigenvalue weighted by molar-refractivity contribution is 0.102. The molecule has 7 nitrogen and oxygen atoms in total. The zero-order valence-corrected chi connectivity index (χ0v) is 17.9. The summed E-state index contributed by atoms with van der Waals surface area (Å²) in [6, 6.07) is 10.8. The molecule has 0 unspecified atom stereocenters. The van der Waals surface area contributed by atoms with Crippen LogP contribution in [0.2, 0.25) is 0 Å². The summed E-state index contributed by atoms with van der Waals surface area (Å²) in [7, 11) is 4.55. The summed E-state index contributed by atoms with van der Waals surface area (Å²) in [6.07, 6.45) is 1.98. The van der Waals surface area contributed by atoms with Crippen LogP contribution in [0.1, 0.15) is 16.1 Å². The summed E-state index contributed by atoms with van der Waals surface area (Å²) in [4.78, 5) is 18.6. The smallest absolute Gasteiger partial charge is 0.255 e. The Labute approximate surface area is 177 Å². The number of thiazole rings is 1. The number of imidazole rings is 1. The standard InChI is InChI=1S/C22H21N3O4S/c1-13-12-30-22-24-17(11-25(13)22)15-7-5-6-8-16(15)23-21(26)14-9-18(27-2)20(29-4)19(10-14)28-3/h5-12H,1-4H3,(H,23,26). The van der Waals surface area contributed by atoms with Crippen LogP contribution in [0.15, 0.2) is 48.0 Å². The Morgan fingerprint density at radius 2 is 1.77 bits per heavy atom. The summed E-state index contributed by atoms with van der Waals surface area (Å²) < 4.78 is 18.1. The monoisotopic (exact) mass is 423 g/mol. The number of carbonyl (C=O) groups excluding carboxylic acids is 1. The van der Waals surface area contributed by atoms with Crippen LogP contribution in [0.5, 0.6) is 17.2 Å². The van der Waals surface area contributed by atoms with E-state index in [1.54, 1.807) is 23.5 Å². The van der Waals surface area contributed by atoms with Gasteiger partial charge in [-0.15, -0.1) is 11.3 Å². The van der Waals surface area contributed by atoms with Crippen LogP contribution in [0.4, 0.5) is 5.69 Å². The van der Waals surface area contributed by atoms with E-state index in [-0.39, 0.29) is 5.91 Å². The van der Waals surface area contributed by atoms with Gasteiger partial charge in [0.15, 0.2) is 16.5 Å². The third-order valence-corrected chi connectivity index (χ3v) is 5.72. The van der Waals surface area contributed by atoms with Gasteiger partial charge in [-0.05, 0) is 25.1 Å². The number of para-hydroxylation sites is 1. The van der Waals surface area contributed by atoms with Gasteiger partial charge in [0.25, 0.3) is 5.91 Å². The molecule has 8 heteroatoms. The maximum atomic E-state index is 13.0. The lowest BCUT2D eigenvalue weighted by Gasteiger charge is -2.15. The number of fused-ring (bicyclic) bond motifs is 1. The van der Waals surface area contributed by atoms with Crippen LogP contribution >= 0.6 is 11.3 Å². The summed E-state index contributed by atoms with van der Waals surface area (Å²) >= 11 is 1.58. The highest BCUT2D eigenvalue weighted by atomic mass is 32.1. The number of benzene rings is 2. The number of methoxy groups -OCH3 is 3. The first-order valence-corrected chi connectivity index (χ1v) is 10.1. The van der Waals surface area contributed by atoms with E-state index in [1.165, 1.54) is 21.3 Å². The molecule has 0 atom stereocenters. The van der Waals surface area contributed by atoms with Crippen molar-refractivity contribution in [2.45, 2.75) is 6.92 Å². The highest BCUT2D eigenvalue weighted by molar-refractivity contribution is 7.15. The van der Waals surface area contributed by atoms with Gasteiger partial charge in [-0.25, -0.2) is 4.98 Å². The Balaban J connectivity index is 1.69. The van der Waals surface area contributed by atoms with Crippen molar-refractivity contribution < 1.29 is 19.0 Å². The van der Waals surface area contributed by atoms with E-state index in [0.717, 1.165) is 21.9 Å². The topological polar surface area (TPSA) is 74.1 Å². The molecule has 0 bridgehead atoms. The highest BCUT2D eigenvalue weighted by Crippen LogP contribution is 2.38. The van der Waals surface area contributed by atoms with Crippen molar-refractivity contribution in [3.05, 3.63) is 59.2 Å². The van der Waals surface area contributed by atoms with Crippen LogP contribution < -0.4 is 19.5 Å². The molecule has 0 saturated heterocycles. The number of amides is 1. The molecule has 4 rings (SSSR count). The third kappa shape index (κ3) is 3.46. The largest absolute Gasteiger partial charge is 0.493 e. The predicted molar refractivity (Wildman–Crippen MR) is 117 cm³/mol. The molecule has 1 N–H and O–H groups in total. The Morgan fingerprint density at radius 3 is 2.40 bits per heavy atom. The second-order valence-electron chi connectivity index (χ2n) is 6.57. The van der Waals surface area contributed by atoms with Crippen molar-refractivity contribution in [1.82, 2.24) is 9.38 Å². The number of aryl methyl sites for hydroxylation is 1. The van der Waals surface area contributed by atoms with E-state index in [0.29, 0.717) is 28.5 Å². The van der Waals surface area contributed by atoms with Gasteiger partial charge in [-0.3, -0.25) is 9.20 Å². The summed E-state index contributed by atoms with van der Waals surface area (Å²) in [5.74, 6) is 0.976. The van der Waals surface area contributed by atoms with Gasteiger partial charge >= 0.3 is 0 Å². The van der Waals surface area contributed by atoms with Crippen molar-refractivity contribution in [3.8, 4) is 28.5 Å². The molecule has 0 aliphatic carbocycles. The minimum Gasteiger partial charge on any atom is -0.493 e. The van der Waals surface area contributed by atoms with Crippen LogP contribution in [0, 0.1) is 6.92 Å². The molecule has 154 valence electrons. The Kier molecular flexibility index (Phi) is 5.33. The minimum atomic E-state index is -0.293. The molecular weight excluding hydrogens is 402 g/mol. The number of rotatable bonds is 6. The van der Waals surface area contributed by atoms with Gasteiger partial charge < -0.3 is 19.5 Å². The number of ether oxygens (including phenoxy) is 3. The molecule has 2 aromatic carbocycles. The van der Waals surface area contributed by atoms with Crippen molar-refractivity contribution in [1.29, 1.82) is 0 Å². The van der Waals surface area contributed by atoms with Crippen molar-refractivity contribution in [2.24, 2.45) is 0 Å². The van der Waals surface area contributed by atoms with Crippen LogP contribution in [-0.4, -0.2) is 36.6 Å². The molecule has 0 spiro atoms. The van der Waals surface area contributed by atoms with Gasteiger partial charge in [-0.2, -0.15) is 0 Å². The Hall–Kier alpha value is -3.52.